The van der Waals surface area contributed by atoms with Crippen LogP contribution in [0.25, 0.3) is 11.1 Å². The third kappa shape index (κ3) is 4.60. The highest BCUT2D eigenvalue weighted by atomic mass is 19.4. The normalized spacial score (nSPS) is 17.5. The molecular formula is C26H22F3N3O5. The molecule has 1 atom stereocenters. The van der Waals surface area contributed by atoms with Crippen molar-refractivity contribution in [2.75, 3.05) is 13.8 Å². The third-order valence-electron chi connectivity index (χ3n) is 5.92. The first-order valence-electron chi connectivity index (χ1n) is 11.0. The van der Waals surface area contributed by atoms with Gasteiger partial charge in [0, 0.05) is 11.1 Å². The van der Waals surface area contributed by atoms with E-state index in [0.29, 0.717) is 27.3 Å². The first-order chi connectivity index (χ1) is 17.6. The molecule has 1 heterocycles. The van der Waals surface area contributed by atoms with Crippen LogP contribution in [0.15, 0.2) is 77.8 Å². The molecule has 0 saturated heterocycles. The number of carbonyl (C=O) groups is 2. The summed E-state index contributed by atoms with van der Waals surface area (Å²) in [6.07, 6.45) is -5.25. The Hall–Kier alpha value is -4.38. The summed E-state index contributed by atoms with van der Waals surface area (Å²) < 4.78 is 48.1. The molecule has 37 heavy (non-hydrogen) atoms. The van der Waals surface area contributed by atoms with Crippen molar-refractivity contribution in [1.82, 2.24) is 4.90 Å². The van der Waals surface area contributed by atoms with Crippen LogP contribution >= 0.6 is 0 Å². The van der Waals surface area contributed by atoms with E-state index in [-0.39, 0.29) is 12.2 Å². The lowest BCUT2D eigenvalue weighted by molar-refractivity contribution is -0.202. The summed E-state index contributed by atoms with van der Waals surface area (Å²) in [5.74, 6) is -3.47. The fourth-order valence-electron chi connectivity index (χ4n) is 4.17. The minimum atomic E-state index is -5.25. The zero-order valence-electron chi connectivity index (χ0n) is 19.5. The van der Waals surface area contributed by atoms with E-state index in [9.17, 15) is 27.9 Å². The fourth-order valence-corrected chi connectivity index (χ4v) is 4.17. The van der Waals surface area contributed by atoms with Gasteiger partial charge in [0.05, 0.1) is 13.7 Å². The highest BCUT2D eigenvalue weighted by molar-refractivity contribution is 6.09. The van der Waals surface area contributed by atoms with Crippen LogP contribution in [-0.2, 0) is 26.5 Å². The lowest BCUT2D eigenvalue weighted by Gasteiger charge is -2.29. The maximum absolute atomic E-state index is 13.9. The standard InChI is InChI=1S/C26H22F3N3O5/c1-36-21-19(17-6-3-2-4-7-17)8-5-9-20(21)25(18-12-10-16(14-33)11-13-18)22(34)32(24(30)31-25)15-37-23(35)26(27,28)29/h2-13,33H,14-15H2,1H3,(H2,30,31). The number of para-hydroxylation sites is 1. The monoisotopic (exact) mass is 513 g/mol. The lowest BCUT2D eigenvalue weighted by Crippen LogP contribution is -2.45. The molecule has 1 aliphatic rings. The number of aliphatic imine (C=N–C) groups is 1. The van der Waals surface area contributed by atoms with Gasteiger partial charge >= 0.3 is 12.1 Å². The number of nitrogens with two attached hydrogens (primary N) is 1. The van der Waals surface area contributed by atoms with Crippen molar-refractivity contribution >= 4 is 17.8 Å². The molecule has 1 amide bonds. The van der Waals surface area contributed by atoms with Gasteiger partial charge in [0.25, 0.3) is 5.91 Å². The molecule has 8 nitrogen and oxygen atoms in total. The van der Waals surface area contributed by atoms with Gasteiger partial charge in [-0.15, -0.1) is 0 Å². The summed E-state index contributed by atoms with van der Waals surface area (Å²) in [4.78, 5) is 30.3. The van der Waals surface area contributed by atoms with Gasteiger partial charge in [0.2, 0.25) is 5.96 Å². The SMILES string of the molecule is COc1c(-c2ccccc2)cccc1C1(c2ccc(CO)cc2)N=C(N)N(COC(=O)C(F)(F)F)C1=O. The number of aliphatic hydroxyl groups is 1. The van der Waals surface area contributed by atoms with Crippen LogP contribution in [0.4, 0.5) is 13.2 Å². The topological polar surface area (TPSA) is 114 Å². The molecule has 3 N–H and O–H groups in total. The van der Waals surface area contributed by atoms with Crippen LogP contribution in [0.5, 0.6) is 5.75 Å². The van der Waals surface area contributed by atoms with Crippen molar-refractivity contribution in [3.8, 4) is 16.9 Å². The summed E-state index contributed by atoms with van der Waals surface area (Å²) in [5, 5.41) is 9.46. The van der Waals surface area contributed by atoms with Crippen LogP contribution in [0.3, 0.4) is 0 Å². The first-order valence-corrected chi connectivity index (χ1v) is 11.0. The van der Waals surface area contributed by atoms with Crippen LogP contribution in [-0.4, -0.2) is 47.9 Å². The van der Waals surface area contributed by atoms with E-state index in [1.807, 2.05) is 30.3 Å². The second-order valence-electron chi connectivity index (χ2n) is 8.08. The maximum Gasteiger partial charge on any atom is 0.490 e. The van der Waals surface area contributed by atoms with Gasteiger partial charge in [0.15, 0.2) is 12.3 Å². The van der Waals surface area contributed by atoms with Crippen molar-refractivity contribution in [3.05, 3.63) is 89.5 Å². The number of hydrogen-bond donors (Lipinski definition) is 2. The molecule has 1 unspecified atom stereocenters. The van der Waals surface area contributed by atoms with Crippen LogP contribution in [0.2, 0.25) is 0 Å². The van der Waals surface area contributed by atoms with E-state index in [4.69, 9.17) is 10.5 Å². The van der Waals surface area contributed by atoms with Gasteiger partial charge in [-0.3, -0.25) is 4.79 Å². The van der Waals surface area contributed by atoms with Gasteiger partial charge in [-0.2, -0.15) is 13.2 Å². The van der Waals surface area contributed by atoms with E-state index in [1.54, 1.807) is 42.5 Å². The Bertz CT molecular complexity index is 1340. The Labute approximate surface area is 209 Å². The van der Waals surface area contributed by atoms with Gasteiger partial charge in [0.1, 0.15) is 5.75 Å². The molecule has 3 aromatic carbocycles. The summed E-state index contributed by atoms with van der Waals surface area (Å²) >= 11 is 0. The summed E-state index contributed by atoms with van der Waals surface area (Å²) in [6, 6.07) is 20.6. The second-order valence-corrected chi connectivity index (χ2v) is 8.08. The van der Waals surface area contributed by atoms with Gasteiger partial charge in [-0.25, -0.2) is 14.7 Å². The molecule has 4 rings (SSSR count). The number of amides is 1. The zero-order valence-corrected chi connectivity index (χ0v) is 19.5. The minimum Gasteiger partial charge on any atom is -0.496 e. The molecule has 11 heteroatoms. The van der Waals surface area contributed by atoms with Gasteiger partial charge in [-0.05, 0) is 16.7 Å². The highest BCUT2D eigenvalue weighted by Crippen LogP contribution is 2.46. The smallest absolute Gasteiger partial charge is 0.490 e. The molecule has 1 aliphatic heterocycles. The molecule has 192 valence electrons. The lowest BCUT2D eigenvalue weighted by atomic mass is 9.80. The molecule has 0 aromatic heterocycles. The highest BCUT2D eigenvalue weighted by Gasteiger charge is 2.53. The number of guanidine groups is 1. The van der Waals surface area contributed by atoms with E-state index < -0.39 is 36.3 Å². The van der Waals surface area contributed by atoms with Crippen molar-refractivity contribution in [1.29, 1.82) is 0 Å². The number of methoxy groups -OCH3 is 1. The van der Waals surface area contributed by atoms with Crippen molar-refractivity contribution < 1.29 is 37.3 Å². The molecule has 0 saturated carbocycles. The van der Waals surface area contributed by atoms with Crippen molar-refractivity contribution in [3.63, 3.8) is 0 Å². The second kappa shape index (κ2) is 9.94. The number of halogens is 3. The average Bonchev–Trinajstić information content (AvgIpc) is 3.16. The van der Waals surface area contributed by atoms with Gasteiger partial charge < -0.3 is 20.3 Å². The predicted molar refractivity (Wildman–Crippen MR) is 127 cm³/mol. The summed E-state index contributed by atoms with van der Waals surface area (Å²) in [5.41, 5.74) is 6.69. The summed E-state index contributed by atoms with van der Waals surface area (Å²) in [7, 11) is 1.42. The molecule has 0 bridgehead atoms. The molecule has 0 fully saturated rings. The Morgan fingerprint density at radius 3 is 2.32 bits per heavy atom. The molecule has 0 spiro atoms. The largest absolute Gasteiger partial charge is 0.496 e. The quantitative estimate of drug-likeness (QED) is 0.469. The molecule has 0 aliphatic carbocycles. The number of rotatable bonds is 7. The molecule has 3 aromatic rings. The fraction of sp³-hybridized carbons (Fsp3) is 0.192. The number of ether oxygens (including phenoxy) is 2. The minimum absolute atomic E-state index is 0.251. The number of carbonyl (C=O) groups excluding carboxylic acids is 2. The summed E-state index contributed by atoms with van der Waals surface area (Å²) in [6.45, 7) is -1.34. The Balaban J connectivity index is 1.89. The Morgan fingerprint density at radius 1 is 1.05 bits per heavy atom. The Kier molecular flexibility index (Phi) is 6.90. The number of aliphatic hydroxyl groups excluding tert-OH is 1. The van der Waals surface area contributed by atoms with Crippen LogP contribution < -0.4 is 10.5 Å². The zero-order chi connectivity index (χ0) is 26.8. The molecule has 0 radical (unpaired) electrons. The third-order valence-corrected chi connectivity index (χ3v) is 5.92. The van der Waals surface area contributed by atoms with Crippen LogP contribution in [0, 0.1) is 0 Å². The number of benzene rings is 3. The molecular weight excluding hydrogens is 491 g/mol. The van der Waals surface area contributed by atoms with E-state index in [0.717, 1.165) is 5.56 Å². The van der Waals surface area contributed by atoms with Crippen molar-refractivity contribution in [2.45, 2.75) is 18.3 Å². The number of alkyl halides is 3. The average molecular weight is 513 g/mol. The predicted octanol–water partition coefficient (Wildman–Crippen LogP) is 3.32. The van der Waals surface area contributed by atoms with E-state index in [1.165, 1.54) is 7.11 Å². The van der Waals surface area contributed by atoms with E-state index >= 15 is 0 Å². The van der Waals surface area contributed by atoms with Gasteiger partial charge in [-0.1, -0.05) is 72.8 Å². The number of esters is 1. The van der Waals surface area contributed by atoms with Crippen molar-refractivity contribution in [2.24, 2.45) is 10.7 Å². The van der Waals surface area contributed by atoms with Crippen LogP contribution in [0.1, 0.15) is 16.7 Å². The Morgan fingerprint density at radius 2 is 1.73 bits per heavy atom. The number of nitrogens with zero attached hydrogens (tertiary/aromatic N) is 2. The van der Waals surface area contributed by atoms with E-state index in [2.05, 4.69) is 9.73 Å². The number of hydrogen-bond acceptors (Lipinski definition) is 7. The maximum atomic E-state index is 13.9. The first kappa shape index (κ1) is 25.7.